The molecule has 0 bridgehead atoms. The van der Waals surface area contributed by atoms with Crippen molar-refractivity contribution in [1.29, 1.82) is 0 Å². The number of aliphatic hydroxyl groups excluding tert-OH is 1. The predicted octanol–water partition coefficient (Wildman–Crippen LogP) is 3.83. The second-order valence-corrected chi connectivity index (χ2v) is 12.2. The number of carbonyl (C=O) groups excluding carboxylic acids is 4. The summed E-state index contributed by atoms with van der Waals surface area (Å²) < 4.78 is 11.5. The van der Waals surface area contributed by atoms with Gasteiger partial charge in [-0.3, -0.25) is 14.4 Å². The first-order valence-electron chi connectivity index (χ1n) is 15.3. The molecule has 6 atom stereocenters. The molecule has 45 heavy (non-hydrogen) atoms. The van der Waals surface area contributed by atoms with Crippen LogP contribution in [0.2, 0.25) is 0 Å². The number of allylic oxidation sites excluding steroid dienone is 5. The van der Waals surface area contributed by atoms with Crippen LogP contribution in [0.25, 0.3) is 0 Å². The highest BCUT2D eigenvalue weighted by molar-refractivity contribution is 6.32. The van der Waals surface area contributed by atoms with E-state index in [-0.39, 0.29) is 35.1 Å². The van der Waals surface area contributed by atoms with E-state index in [1.165, 1.54) is 24.3 Å². The topological polar surface area (TPSA) is 168 Å². The van der Waals surface area contributed by atoms with Gasteiger partial charge in [0.05, 0.1) is 29.4 Å². The van der Waals surface area contributed by atoms with Crippen LogP contribution in [0.5, 0.6) is 5.75 Å². The van der Waals surface area contributed by atoms with Gasteiger partial charge >= 0.3 is 5.97 Å². The molecular formula is C35H38O10. The molecule has 1 aromatic rings. The van der Waals surface area contributed by atoms with E-state index in [1.54, 1.807) is 26.0 Å². The Morgan fingerprint density at radius 2 is 1.89 bits per heavy atom. The number of unbranched alkanes of at least 4 members (excludes halogenated alkanes) is 3. The van der Waals surface area contributed by atoms with Gasteiger partial charge in [0.25, 0.3) is 0 Å². The molecule has 10 heteroatoms. The number of phenols is 1. The average Bonchev–Trinajstić information content (AvgIpc) is 2.97. The Hall–Kier alpha value is -3.96. The number of carbonyl (C=O) groups is 4. The smallest absolute Gasteiger partial charge is 0.331 e. The number of hydrogen-bond donors (Lipinski definition) is 4. The number of aliphatic hydroxyl groups is 3. The van der Waals surface area contributed by atoms with Gasteiger partial charge in [-0.05, 0) is 44.9 Å². The van der Waals surface area contributed by atoms with E-state index in [2.05, 4.69) is 6.92 Å². The van der Waals surface area contributed by atoms with Gasteiger partial charge in [0.2, 0.25) is 0 Å². The number of ether oxygens (including phenoxy) is 2. The second kappa shape index (κ2) is 12.4. The molecule has 0 radical (unpaired) electrons. The number of fused-ring (bicyclic) bond motifs is 3. The Morgan fingerprint density at radius 1 is 1.13 bits per heavy atom. The summed E-state index contributed by atoms with van der Waals surface area (Å²) in [7, 11) is 0. The van der Waals surface area contributed by atoms with Crippen molar-refractivity contribution in [3.63, 3.8) is 0 Å². The van der Waals surface area contributed by atoms with E-state index in [4.69, 9.17) is 9.47 Å². The maximum Gasteiger partial charge on any atom is 0.331 e. The molecule has 0 saturated carbocycles. The molecule has 1 aromatic carbocycles. The van der Waals surface area contributed by atoms with Crippen LogP contribution in [-0.2, 0) is 19.1 Å². The van der Waals surface area contributed by atoms with Gasteiger partial charge in [-0.2, -0.15) is 0 Å². The van der Waals surface area contributed by atoms with Crippen molar-refractivity contribution in [3.05, 3.63) is 88.1 Å². The molecule has 4 N–H and O–H groups in total. The van der Waals surface area contributed by atoms with E-state index in [1.807, 2.05) is 6.08 Å². The Morgan fingerprint density at radius 3 is 2.60 bits per heavy atom. The van der Waals surface area contributed by atoms with Crippen LogP contribution >= 0.6 is 0 Å². The summed E-state index contributed by atoms with van der Waals surface area (Å²) in [6.07, 6.45) is 10.2. The summed E-state index contributed by atoms with van der Waals surface area (Å²) in [4.78, 5) is 52.9. The lowest BCUT2D eigenvalue weighted by atomic mass is 9.60. The summed E-state index contributed by atoms with van der Waals surface area (Å²) in [6, 6.07) is 2.66. The fourth-order valence-electron chi connectivity index (χ4n) is 6.62. The van der Waals surface area contributed by atoms with E-state index < -0.39 is 70.3 Å². The van der Waals surface area contributed by atoms with Crippen LogP contribution in [0.4, 0.5) is 0 Å². The SMILES string of the molecule is CCCCCC=C/C=C/C(=O)O[C@H]1[C@H](O)C[C@@H](c2ccc3c(c2O)C(=O)C2=C(C3=O)[C@]3(O)C(=O)C=C(C)C[C@]3(O)C=C2)O[C@H]1C. The average molecular weight is 619 g/mol. The zero-order chi connectivity index (χ0) is 32.7. The third kappa shape index (κ3) is 5.56. The fraction of sp³-hybridized carbons (Fsp3) is 0.429. The van der Waals surface area contributed by atoms with Crippen LogP contribution in [0, 0.1) is 0 Å². The minimum Gasteiger partial charge on any atom is -0.507 e. The predicted molar refractivity (Wildman–Crippen MR) is 162 cm³/mol. The van der Waals surface area contributed by atoms with Crippen LogP contribution in [-0.4, -0.2) is 73.3 Å². The zero-order valence-electron chi connectivity index (χ0n) is 25.5. The number of Topliss-reactive ketones (excluding diaryl/α,β-unsaturated/α-hetero) is 2. The van der Waals surface area contributed by atoms with E-state index in [0.717, 1.165) is 37.8 Å². The Kier molecular flexibility index (Phi) is 8.97. The van der Waals surface area contributed by atoms with Gasteiger partial charge < -0.3 is 29.9 Å². The van der Waals surface area contributed by atoms with Crippen molar-refractivity contribution in [2.45, 2.75) is 94.9 Å². The highest BCUT2D eigenvalue weighted by Crippen LogP contribution is 2.50. The summed E-state index contributed by atoms with van der Waals surface area (Å²) in [5.74, 6) is -3.79. The largest absolute Gasteiger partial charge is 0.507 e. The Labute approximate surface area is 261 Å². The first-order valence-corrected chi connectivity index (χ1v) is 15.3. The Balaban J connectivity index is 1.35. The quantitative estimate of drug-likeness (QED) is 0.145. The maximum atomic E-state index is 13.7. The summed E-state index contributed by atoms with van der Waals surface area (Å²) >= 11 is 0. The summed E-state index contributed by atoms with van der Waals surface area (Å²) in [6.45, 7) is 5.34. The standard InChI is InChI=1S/C35H38O10/c1-4-5-6-7-8-9-10-11-27(38)45-33-20(3)44-25(17-24(33)36)21-12-13-22-28(30(21)39)31(40)23-14-15-34(42)18-19(2)16-26(37)35(34,43)29(23)32(22)41/h8-16,20,24-25,33,36,39,42-43H,4-7,17-18H2,1-3H3/b9-8?,11-10+/t20-,24+,25-,33+,34+,35+/m0/s1. The van der Waals surface area contributed by atoms with Crippen LogP contribution in [0.15, 0.2) is 71.4 Å². The van der Waals surface area contributed by atoms with Crippen molar-refractivity contribution < 1.29 is 49.1 Å². The van der Waals surface area contributed by atoms with Gasteiger partial charge in [-0.15, -0.1) is 0 Å². The molecule has 1 fully saturated rings. The van der Waals surface area contributed by atoms with Crippen molar-refractivity contribution in [3.8, 4) is 5.75 Å². The number of phenolic OH excluding ortho intramolecular Hbond substituents is 1. The number of aromatic hydroxyl groups is 1. The molecule has 0 spiro atoms. The zero-order valence-corrected chi connectivity index (χ0v) is 25.5. The fourth-order valence-corrected chi connectivity index (χ4v) is 6.62. The molecule has 1 aliphatic heterocycles. The van der Waals surface area contributed by atoms with Gasteiger partial charge in [0.1, 0.15) is 11.4 Å². The monoisotopic (exact) mass is 618 g/mol. The number of benzene rings is 1. The third-order valence-corrected chi connectivity index (χ3v) is 8.95. The lowest BCUT2D eigenvalue weighted by molar-refractivity contribution is -0.190. The molecule has 10 nitrogen and oxygen atoms in total. The van der Waals surface area contributed by atoms with Gasteiger partial charge in [0.15, 0.2) is 29.1 Å². The van der Waals surface area contributed by atoms with Gasteiger partial charge in [-0.25, -0.2) is 4.79 Å². The van der Waals surface area contributed by atoms with Crippen LogP contribution in [0.1, 0.15) is 91.7 Å². The molecule has 3 aliphatic carbocycles. The molecule has 5 rings (SSSR count). The number of esters is 1. The Bertz CT molecular complexity index is 1580. The van der Waals surface area contributed by atoms with Gasteiger partial charge in [0, 0.05) is 35.6 Å². The molecule has 1 saturated heterocycles. The van der Waals surface area contributed by atoms with E-state index in [0.29, 0.717) is 5.57 Å². The first kappa shape index (κ1) is 32.4. The van der Waals surface area contributed by atoms with Crippen LogP contribution in [0.3, 0.4) is 0 Å². The highest BCUT2D eigenvalue weighted by atomic mass is 16.6. The molecule has 1 heterocycles. The summed E-state index contributed by atoms with van der Waals surface area (Å²) in [5, 5.41) is 45.0. The van der Waals surface area contributed by atoms with Gasteiger partial charge in [-0.1, -0.05) is 55.7 Å². The molecule has 238 valence electrons. The van der Waals surface area contributed by atoms with Crippen molar-refractivity contribution in [2.75, 3.05) is 0 Å². The number of rotatable bonds is 8. The lowest BCUT2D eigenvalue weighted by Crippen LogP contribution is -2.64. The molecule has 0 unspecified atom stereocenters. The first-order chi connectivity index (χ1) is 21.3. The van der Waals surface area contributed by atoms with E-state index in [9.17, 15) is 39.6 Å². The second-order valence-electron chi connectivity index (χ2n) is 12.2. The molecule has 4 aliphatic rings. The molecule has 0 amide bonds. The normalized spacial score (nSPS) is 31.2. The molecular weight excluding hydrogens is 580 g/mol. The maximum absolute atomic E-state index is 13.7. The summed E-state index contributed by atoms with van der Waals surface area (Å²) in [5.41, 5.74) is -5.58. The third-order valence-electron chi connectivity index (χ3n) is 8.95. The minimum atomic E-state index is -2.67. The highest BCUT2D eigenvalue weighted by Gasteiger charge is 2.62. The number of hydrogen-bond acceptors (Lipinski definition) is 10. The molecule has 0 aromatic heterocycles. The van der Waals surface area contributed by atoms with Crippen molar-refractivity contribution in [1.82, 2.24) is 0 Å². The minimum absolute atomic E-state index is 0.0847. The van der Waals surface area contributed by atoms with Crippen molar-refractivity contribution in [2.24, 2.45) is 0 Å². The number of ketones is 3. The van der Waals surface area contributed by atoms with Crippen molar-refractivity contribution >= 4 is 23.3 Å². The van der Waals surface area contributed by atoms with E-state index >= 15 is 0 Å². The lowest BCUT2D eigenvalue weighted by Gasteiger charge is -2.47. The van der Waals surface area contributed by atoms with Crippen LogP contribution < -0.4 is 0 Å².